The molecular weight excluding hydrogens is 460 g/mol. The third-order valence-electron chi connectivity index (χ3n) is 4.79. The molecule has 0 spiro atoms. The van der Waals surface area contributed by atoms with E-state index in [1.54, 1.807) is 0 Å². The average molecular weight is 496 g/mol. The van der Waals surface area contributed by atoms with Gasteiger partial charge in [0.15, 0.2) is 6.29 Å². The Bertz CT molecular complexity index is 488. The number of aliphatic hydroxyl groups is 14. The molecule has 33 heavy (non-hydrogen) atoms. The molecule has 1 aliphatic rings. The van der Waals surface area contributed by atoms with E-state index in [-0.39, 0.29) is 0 Å². The Balaban J connectivity index is 0.000000861. The third-order valence-corrected chi connectivity index (χ3v) is 4.79. The van der Waals surface area contributed by atoms with E-state index < -0.39 is 106 Å². The molecule has 0 aliphatic carbocycles. The molecule has 14 N–H and O–H groups in total. The quantitative estimate of drug-likeness (QED) is 0.119. The van der Waals surface area contributed by atoms with Crippen LogP contribution in [0.5, 0.6) is 0 Å². The highest BCUT2D eigenvalue weighted by atomic mass is 16.7. The smallest absolute Gasteiger partial charge is 0.187 e. The molecule has 1 unspecified atom stereocenters. The van der Waals surface area contributed by atoms with Crippen molar-refractivity contribution < 1.29 is 81.0 Å². The maximum atomic E-state index is 9.83. The van der Waals surface area contributed by atoms with Gasteiger partial charge in [-0.1, -0.05) is 0 Å². The fourth-order valence-corrected chi connectivity index (χ4v) is 2.64. The van der Waals surface area contributed by atoms with Gasteiger partial charge in [0.05, 0.1) is 33.0 Å². The number of aliphatic hydroxyl groups excluding tert-OH is 14. The SMILES string of the molecule is OC[C@@H](O)C(O)[C@@H](O)CO.OC[C@@H](O)[C@@H](O[C@@H]1O[C@H](CO)[C@H](O)[C@H](O)[C@H]1O)[C@H](O)[C@@H](O)CO. The molecule has 200 valence electrons. The molecule has 16 heteroatoms. The summed E-state index contributed by atoms with van der Waals surface area (Å²) in [6.07, 6.45) is -19.4. The van der Waals surface area contributed by atoms with Gasteiger partial charge in [-0.25, -0.2) is 0 Å². The Labute approximate surface area is 188 Å². The molecule has 1 rings (SSSR count). The first kappa shape index (κ1) is 32.4. The summed E-state index contributed by atoms with van der Waals surface area (Å²) < 4.78 is 10.1. The molecular formula is C17H36O16. The van der Waals surface area contributed by atoms with E-state index in [9.17, 15) is 30.6 Å². The van der Waals surface area contributed by atoms with Gasteiger partial charge in [0.2, 0.25) is 0 Å². The highest BCUT2D eigenvalue weighted by Gasteiger charge is 2.46. The van der Waals surface area contributed by atoms with Crippen molar-refractivity contribution in [1.29, 1.82) is 0 Å². The van der Waals surface area contributed by atoms with Crippen molar-refractivity contribution in [2.75, 3.05) is 33.0 Å². The lowest BCUT2D eigenvalue weighted by molar-refractivity contribution is -0.327. The zero-order valence-electron chi connectivity index (χ0n) is 17.5. The van der Waals surface area contributed by atoms with E-state index in [2.05, 4.69) is 0 Å². The van der Waals surface area contributed by atoms with Crippen molar-refractivity contribution in [1.82, 2.24) is 0 Å². The van der Waals surface area contributed by atoms with Gasteiger partial charge >= 0.3 is 0 Å². The van der Waals surface area contributed by atoms with E-state index in [4.69, 9.17) is 50.3 Å². The minimum Gasteiger partial charge on any atom is -0.394 e. The molecule has 0 radical (unpaired) electrons. The summed E-state index contributed by atoms with van der Waals surface area (Å²) in [4.78, 5) is 0. The largest absolute Gasteiger partial charge is 0.394 e. The van der Waals surface area contributed by atoms with Crippen LogP contribution >= 0.6 is 0 Å². The minimum absolute atomic E-state index is 0.641. The van der Waals surface area contributed by atoms with Crippen LogP contribution in [0.3, 0.4) is 0 Å². The normalized spacial score (nSPS) is 32.0. The van der Waals surface area contributed by atoms with E-state index in [1.807, 2.05) is 0 Å². The second-order valence-electron chi connectivity index (χ2n) is 7.28. The van der Waals surface area contributed by atoms with Crippen LogP contribution < -0.4 is 0 Å². The molecule has 16 nitrogen and oxygen atoms in total. The van der Waals surface area contributed by atoms with Crippen LogP contribution in [0.15, 0.2) is 0 Å². The fourth-order valence-electron chi connectivity index (χ4n) is 2.64. The van der Waals surface area contributed by atoms with Crippen molar-refractivity contribution in [3.63, 3.8) is 0 Å². The predicted molar refractivity (Wildman–Crippen MR) is 103 cm³/mol. The predicted octanol–water partition coefficient (Wildman–Crippen LogP) is -8.71. The number of hydrogen-bond acceptors (Lipinski definition) is 16. The van der Waals surface area contributed by atoms with Crippen LogP contribution in [0.1, 0.15) is 0 Å². The maximum Gasteiger partial charge on any atom is 0.187 e. The fraction of sp³-hybridized carbons (Fsp3) is 1.00. The molecule has 0 bridgehead atoms. The molecule has 1 fully saturated rings. The first-order valence-electron chi connectivity index (χ1n) is 9.89. The topological polar surface area (TPSA) is 302 Å². The third kappa shape index (κ3) is 9.49. The molecule has 0 aromatic carbocycles. The highest BCUT2D eigenvalue weighted by Crippen LogP contribution is 2.24. The Kier molecular flexibility index (Phi) is 15.8. The summed E-state index contributed by atoms with van der Waals surface area (Å²) in [6, 6.07) is 0. The second kappa shape index (κ2) is 16.1. The van der Waals surface area contributed by atoms with Crippen molar-refractivity contribution in [3.8, 4) is 0 Å². The monoisotopic (exact) mass is 496 g/mol. The van der Waals surface area contributed by atoms with Crippen LogP contribution in [0.4, 0.5) is 0 Å². The van der Waals surface area contributed by atoms with Crippen molar-refractivity contribution in [2.24, 2.45) is 0 Å². The highest BCUT2D eigenvalue weighted by molar-refractivity contribution is 4.91. The Hall–Kier alpha value is -0.640. The standard InChI is InChI=1S/C12H24O11.C5H12O5/c13-1-4(16)7(18)11(5(17)2-14)23-12-10(21)9(20)8(19)6(3-15)22-12;6-1-3(8)5(10)4(9)2-7/h4-21H,1-3H2;3-10H,1-2H2/t4-,5+,6+,7+,8-,9-,10+,11+,12-;3-,4+,5?/m0./s1. The Morgan fingerprint density at radius 1 is 0.576 bits per heavy atom. The molecule has 1 saturated heterocycles. The minimum atomic E-state index is -1.85. The van der Waals surface area contributed by atoms with Crippen LogP contribution in [0.2, 0.25) is 0 Å². The van der Waals surface area contributed by atoms with Crippen LogP contribution in [0, 0.1) is 0 Å². The summed E-state index contributed by atoms with van der Waals surface area (Å²) in [7, 11) is 0. The van der Waals surface area contributed by atoms with E-state index in [0.29, 0.717) is 0 Å². The van der Waals surface area contributed by atoms with Gasteiger partial charge in [-0.15, -0.1) is 0 Å². The summed E-state index contributed by atoms with van der Waals surface area (Å²) in [5.41, 5.74) is 0. The van der Waals surface area contributed by atoms with Crippen LogP contribution in [-0.4, -0.2) is 178 Å². The average Bonchev–Trinajstić information content (AvgIpc) is 2.84. The lowest BCUT2D eigenvalue weighted by atomic mass is 9.98. The van der Waals surface area contributed by atoms with E-state index >= 15 is 0 Å². The van der Waals surface area contributed by atoms with Gasteiger partial charge in [-0.05, 0) is 0 Å². The number of ether oxygens (including phenoxy) is 2. The molecule has 0 saturated carbocycles. The second-order valence-corrected chi connectivity index (χ2v) is 7.28. The van der Waals surface area contributed by atoms with Gasteiger partial charge in [0.1, 0.15) is 67.1 Å². The van der Waals surface area contributed by atoms with Crippen molar-refractivity contribution in [2.45, 2.75) is 73.4 Å². The zero-order valence-corrected chi connectivity index (χ0v) is 17.5. The maximum absolute atomic E-state index is 9.83. The van der Waals surface area contributed by atoms with Gasteiger partial charge in [-0.3, -0.25) is 0 Å². The van der Waals surface area contributed by atoms with E-state index in [1.165, 1.54) is 0 Å². The summed E-state index contributed by atoms with van der Waals surface area (Å²) >= 11 is 0. The van der Waals surface area contributed by atoms with Crippen LogP contribution in [0.25, 0.3) is 0 Å². The van der Waals surface area contributed by atoms with Crippen LogP contribution in [-0.2, 0) is 9.47 Å². The lowest BCUT2D eigenvalue weighted by Gasteiger charge is -2.42. The summed E-state index contributed by atoms with van der Waals surface area (Å²) in [5.74, 6) is 0. The van der Waals surface area contributed by atoms with Gasteiger partial charge in [0, 0.05) is 0 Å². The molecule has 1 aliphatic heterocycles. The lowest BCUT2D eigenvalue weighted by Crippen LogP contribution is -2.61. The Morgan fingerprint density at radius 2 is 1.00 bits per heavy atom. The molecule has 12 atom stereocenters. The van der Waals surface area contributed by atoms with Gasteiger partial charge in [-0.2, -0.15) is 0 Å². The Morgan fingerprint density at radius 3 is 1.39 bits per heavy atom. The zero-order chi connectivity index (χ0) is 25.9. The molecule has 0 aromatic heterocycles. The van der Waals surface area contributed by atoms with E-state index in [0.717, 1.165) is 0 Å². The van der Waals surface area contributed by atoms with Crippen molar-refractivity contribution >= 4 is 0 Å². The molecule has 0 amide bonds. The summed E-state index contributed by atoms with van der Waals surface area (Å²) in [6.45, 7) is -3.73. The first-order chi connectivity index (χ1) is 15.4. The van der Waals surface area contributed by atoms with Crippen molar-refractivity contribution in [3.05, 3.63) is 0 Å². The molecule has 0 aromatic rings. The van der Waals surface area contributed by atoms with Gasteiger partial charge in [0.25, 0.3) is 0 Å². The summed E-state index contributed by atoms with van der Waals surface area (Å²) in [5, 5.41) is 127. The number of hydrogen-bond donors (Lipinski definition) is 14. The first-order valence-corrected chi connectivity index (χ1v) is 9.89. The van der Waals surface area contributed by atoms with Gasteiger partial charge < -0.3 is 81.0 Å². The number of rotatable bonds is 12. The molecule has 1 heterocycles.